The molecule has 1 aliphatic rings. The number of ether oxygens (including phenoxy) is 1. The highest BCUT2D eigenvalue weighted by molar-refractivity contribution is 7.89. The Morgan fingerprint density at radius 1 is 1.05 bits per heavy atom. The molecule has 11 heteroatoms. The number of nitrogens with one attached hydrogen (secondary N) is 2. The van der Waals surface area contributed by atoms with Crippen LogP contribution in [0, 0.1) is 17.1 Å². The summed E-state index contributed by atoms with van der Waals surface area (Å²) in [5.74, 6) is -0.532. The van der Waals surface area contributed by atoms with Crippen LogP contribution in [0.1, 0.15) is 11.1 Å². The molecule has 2 heterocycles. The Bertz CT molecular complexity index is 1640. The number of benzene rings is 3. The van der Waals surface area contributed by atoms with Crippen molar-refractivity contribution in [3.8, 4) is 6.07 Å². The minimum absolute atomic E-state index is 0.0296. The number of hydrogen-bond donors (Lipinski definition) is 2. The summed E-state index contributed by atoms with van der Waals surface area (Å²) >= 11 is 5.93. The predicted octanol–water partition coefficient (Wildman–Crippen LogP) is 5.28. The summed E-state index contributed by atoms with van der Waals surface area (Å²) in [7, 11) is -3.55. The largest absolute Gasteiger partial charge is 0.381 e. The summed E-state index contributed by atoms with van der Waals surface area (Å²) in [5.41, 5.74) is 3.73. The third kappa shape index (κ3) is 5.42. The highest BCUT2D eigenvalue weighted by Crippen LogP contribution is 2.32. The number of hydrogen-bond acceptors (Lipinski definition) is 7. The first-order chi connectivity index (χ1) is 18.3. The van der Waals surface area contributed by atoms with Gasteiger partial charge in [0, 0.05) is 42.6 Å². The molecule has 8 nitrogen and oxygen atoms in total. The molecule has 1 saturated heterocycles. The summed E-state index contributed by atoms with van der Waals surface area (Å²) in [5, 5.41) is 16.8. The molecule has 0 unspecified atom stereocenters. The van der Waals surface area contributed by atoms with E-state index >= 15 is 0 Å². The van der Waals surface area contributed by atoms with Gasteiger partial charge in [0.15, 0.2) is 0 Å². The molecule has 2 N–H and O–H groups in total. The van der Waals surface area contributed by atoms with Crippen LogP contribution in [0.5, 0.6) is 0 Å². The van der Waals surface area contributed by atoms with Crippen LogP contribution in [0.2, 0.25) is 5.02 Å². The molecule has 0 spiro atoms. The number of nitriles is 1. The number of pyridine rings is 1. The maximum Gasteiger partial charge on any atom is 0.243 e. The lowest BCUT2D eigenvalue weighted by molar-refractivity contribution is 0.0730. The molecule has 0 bridgehead atoms. The van der Waals surface area contributed by atoms with Crippen LogP contribution in [-0.4, -0.2) is 44.0 Å². The fourth-order valence-corrected chi connectivity index (χ4v) is 5.75. The average molecular weight is 552 g/mol. The van der Waals surface area contributed by atoms with Crippen LogP contribution in [0.15, 0.2) is 71.8 Å². The number of sulfonamides is 1. The van der Waals surface area contributed by atoms with Crippen molar-refractivity contribution in [1.29, 1.82) is 5.26 Å². The van der Waals surface area contributed by atoms with E-state index in [1.54, 1.807) is 30.3 Å². The average Bonchev–Trinajstić information content (AvgIpc) is 2.94. The number of anilines is 3. The Balaban J connectivity index is 1.36. The second-order valence-corrected chi connectivity index (χ2v) is 11.0. The van der Waals surface area contributed by atoms with Crippen LogP contribution in [-0.2, 0) is 21.3 Å². The van der Waals surface area contributed by atoms with E-state index in [4.69, 9.17) is 16.3 Å². The fraction of sp³-hybridized carbons (Fsp3) is 0.185. The maximum absolute atomic E-state index is 13.6. The van der Waals surface area contributed by atoms with Crippen molar-refractivity contribution in [2.24, 2.45) is 0 Å². The van der Waals surface area contributed by atoms with E-state index in [1.807, 2.05) is 18.2 Å². The Kier molecular flexibility index (Phi) is 7.44. The molecule has 0 saturated carbocycles. The van der Waals surface area contributed by atoms with E-state index in [0.717, 1.165) is 11.3 Å². The highest BCUT2D eigenvalue weighted by Gasteiger charge is 2.26. The van der Waals surface area contributed by atoms with Crippen molar-refractivity contribution in [3.05, 3.63) is 88.8 Å². The number of morpholine rings is 1. The van der Waals surface area contributed by atoms with Crippen molar-refractivity contribution in [3.63, 3.8) is 0 Å². The van der Waals surface area contributed by atoms with Crippen molar-refractivity contribution in [2.75, 3.05) is 36.9 Å². The number of nitrogens with zero attached hydrogens (tertiary/aromatic N) is 3. The SMILES string of the molecule is N#Cc1cnc2ccc(NCc3ccc(S(=O)(=O)N4CCOCC4)cc3)cc2c1Nc1ccc(F)c(Cl)c1. The number of fused-ring (bicyclic) bond motifs is 1. The molecule has 194 valence electrons. The van der Waals surface area contributed by atoms with Crippen molar-refractivity contribution in [1.82, 2.24) is 9.29 Å². The minimum atomic E-state index is -3.55. The van der Waals surface area contributed by atoms with E-state index in [2.05, 4.69) is 21.7 Å². The lowest BCUT2D eigenvalue weighted by Gasteiger charge is -2.26. The van der Waals surface area contributed by atoms with Crippen molar-refractivity contribution in [2.45, 2.75) is 11.4 Å². The molecule has 1 fully saturated rings. The topological polar surface area (TPSA) is 107 Å². The normalized spacial score (nSPS) is 14.2. The van der Waals surface area contributed by atoms with Gasteiger partial charge in [-0.15, -0.1) is 0 Å². The zero-order chi connectivity index (χ0) is 26.7. The molecule has 0 radical (unpaired) electrons. The molecule has 3 aromatic carbocycles. The minimum Gasteiger partial charge on any atom is -0.381 e. The van der Waals surface area contributed by atoms with E-state index in [0.29, 0.717) is 60.7 Å². The van der Waals surface area contributed by atoms with Gasteiger partial charge in [0.1, 0.15) is 11.9 Å². The summed E-state index contributed by atoms with van der Waals surface area (Å²) in [6.45, 7) is 1.94. The van der Waals surface area contributed by atoms with Crippen LogP contribution in [0.4, 0.5) is 21.5 Å². The summed E-state index contributed by atoms with van der Waals surface area (Å²) in [6, 6.07) is 18.7. The lowest BCUT2D eigenvalue weighted by Crippen LogP contribution is -2.40. The maximum atomic E-state index is 13.6. The van der Waals surface area contributed by atoms with Gasteiger partial charge in [0.05, 0.1) is 39.9 Å². The molecule has 4 aromatic rings. The first-order valence-electron chi connectivity index (χ1n) is 11.8. The molecule has 38 heavy (non-hydrogen) atoms. The zero-order valence-corrected chi connectivity index (χ0v) is 21.7. The van der Waals surface area contributed by atoms with Gasteiger partial charge in [-0.2, -0.15) is 9.57 Å². The highest BCUT2D eigenvalue weighted by atomic mass is 35.5. The number of aromatic nitrogens is 1. The van der Waals surface area contributed by atoms with Gasteiger partial charge in [-0.1, -0.05) is 23.7 Å². The monoisotopic (exact) mass is 551 g/mol. The summed E-state index contributed by atoms with van der Waals surface area (Å²) < 4.78 is 46.0. The number of rotatable bonds is 7. The molecule has 5 rings (SSSR count). The zero-order valence-electron chi connectivity index (χ0n) is 20.1. The quantitative estimate of drug-likeness (QED) is 0.322. The number of halogens is 2. The van der Waals surface area contributed by atoms with Crippen LogP contribution in [0.3, 0.4) is 0 Å². The summed E-state index contributed by atoms with van der Waals surface area (Å²) in [6.07, 6.45) is 1.48. The van der Waals surface area contributed by atoms with Crippen molar-refractivity contribution >= 4 is 49.6 Å². The Labute approximate surface area is 224 Å². The molecule has 0 amide bonds. The van der Waals surface area contributed by atoms with Gasteiger partial charge < -0.3 is 15.4 Å². The van der Waals surface area contributed by atoms with Gasteiger partial charge in [-0.25, -0.2) is 12.8 Å². The third-order valence-electron chi connectivity index (χ3n) is 6.21. The van der Waals surface area contributed by atoms with E-state index < -0.39 is 15.8 Å². The van der Waals surface area contributed by atoms with Crippen LogP contribution < -0.4 is 10.6 Å². The van der Waals surface area contributed by atoms with Gasteiger partial charge >= 0.3 is 0 Å². The lowest BCUT2D eigenvalue weighted by atomic mass is 10.1. The van der Waals surface area contributed by atoms with Gasteiger partial charge in [0.2, 0.25) is 10.0 Å². The molecular weight excluding hydrogens is 529 g/mol. The second kappa shape index (κ2) is 10.9. The van der Waals surface area contributed by atoms with Gasteiger partial charge in [-0.05, 0) is 54.1 Å². The van der Waals surface area contributed by atoms with Gasteiger partial charge in [-0.3, -0.25) is 4.98 Å². The Morgan fingerprint density at radius 3 is 2.50 bits per heavy atom. The van der Waals surface area contributed by atoms with E-state index in [-0.39, 0.29) is 9.92 Å². The van der Waals surface area contributed by atoms with Gasteiger partial charge in [0.25, 0.3) is 0 Å². The molecule has 0 atom stereocenters. The third-order valence-corrected chi connectivity index (χ3v) is 8.41. The molecule has 1 aromatic heterocycles. The molecule has 0 aliphatic carbocycles. The second-order valence-electron chi connectivity index (χ2n) is 8.66. The molecular formula is C27H23ClFN5O3S. The Hall–Kier alpha value is -3.75. The van der Waals surface area contributed by atoms with Crippen LogP contribution in [0.25, 0.3) is 10.9 Å². The molecule has 1 aliphatic heterocycles. The Morgan fingerprint density at radius 2 is 1.79 bits per heavy atom. The smallest absolute Gasteiger partial charge is 0.243 e. The first kappa shape index (κ1) is 25.9. The fourth-order valence-electron chi connectivity index (χ4n) is 4.16. The van der Waals surface area contributed by atoms with E-state index in [9.17, 15) is 18.1 Å². The predicted molar refractivity (Wildman–Crippen MR) is 144 cm³/mol. The first-order valence-corrected chi connectivity index (χ1v) is 13.6. The standard InChI is InChI=1S/C27H23ClFN5O3S/c28-24-14-21(3-7-25(24)29)33-27-19(15-30)17-32-26-8-4-20(13-23(26)27)31-16-18-1-5-22(6-2-18)38(35,36)34-9-11-37-12-10-34/h1-8,13-14,17,31H,9-12,16H2,(H,32,33). The van der Waals surface area contributed by atoms with E-state index in [1.165, 1.54) is 22.6 Å². The summed E-state index contributed by atoms with van der Waals surface area (Å²) in [4.78, 5) is 4.62. The van der Waals surface area contributed by atoms with Crippen LogP contribution >= 0.6 is 11.6 Å². The van der Waals surface area contributed by atoms with Crippen molar-refractivity contribution < 1.29 is 17.5 Å².